The van der Waals surface area contributed by atoms with Crippen LogP contribution < -0.4 is 15.8 Å². The van der Waals surface area contributed by atoms with E-state index in [9.17, 15) is 22.0 Å². The zero-order valence-electron chi connectivity index (χ0n) is 22.8. The van der Waals surface area contributed by atoms with E-state index in [4.69, 9.17) is 10.5 Å². The van der Waals surface area contributed by atoms with Gasteiger partial charge in [0.1, 0.15) is 23.1 Å². The standard InChI is InChI=1S/C29H27F3N6O4S/c1-17(34-9-4-10-42-2)35-15-19(13-33)18-11-22-23(16-37-29(22)36-14-18)28(39)26-24(31)7-8-25(27(26)32)38-43(40,41)21-6-3-5-20(30)12-21/h3,5-8,11-16,34,38H,1,4,9-10,33H2,2H3,(H,36,37)/b19-13+,35-15-. The minimum absolute atomic E-state index is 0.134. The summed E-state index contributed by atoms with van der Waals surface area (Å²) in [5, 5.41) is 3.24. The fourth-order valence-corrected chi connectivity index (χ4v) is 5.11. The van der Waals surface area contributed by atoms with Crippen LogP contribution in [0.4, 0.5) is 18.9 Å². The minimum Gasteiger partial charge on any atom is -0.404 e. The Labute approximate surface area is 245 Å². The number of aromatic amines is 1. The van der Waals surface area contributed by atoms with E-state index in [2.05, 4.69) is 26.9 Å². The monoisotopic (exact) mass is 612 g/mol. The number of nitrogens with one attached hydrogen (secondary N) is 3. The van der Waals surface area contributed by atoms with Crippen LogP contribution in [0.1, 0.15) is 27.9 Å². The normalized spacial score (nSPS) is 12.1. The van der Waals surface area contributed by atoms with Crippen LogP contribution in [-0.4, -0.2) is 50.6 Å². The topological polar surface area (TPSA) is 152 Å². The second kappa shape index (κ2) is 13.4. The number of pyridine rings is 1. The number of hydrogen-bond acceptors (Lipinski definition) is 8. The van der Waals surface area contributed by atoms with Crippen LogP contribution in [0.2, 0.25) is 0 Å². The van der Waals surface area contributed by atoms with Gasteiger partial charge in [0.25, 0.3) is 10.0 Å². The van der Waals surface area contributed by atoms with E-state index in [1.165, 1.54) is 30.9 Å². The van der Waals surface area contributed by atoms with E-state index >= 15 is 4.39 Å². The molecule has 2 aromatic heterocycles. The maximum Gasteiger partial charge on any atom is 0.262 e. The number of sulfonamides is 1. The third-order valence-corrected chi connectivity index (χ3v) is 7.53. The molecule has 0 saturated heterocycles. The first-order valence-electron chi connectivity index (χ1n) is 12.7. The van der Waals surface area contributed by atoms with Crippen molar-refractivity contribution in [2.24, 2.45) is 10.7 Å². The molecule has 0 aliphatic heterocycles. The molecule has 5 N–H and O–H groups in total. The number of aliphatic imine (C=N–C) groups is 1. The molecule has 0 unspecified atom stereocenters. The van der Waals surface area contributed by atoms with E-state index in [0.29, 0.717) is 30.1 Å². The van der Waals surface area contributed by atoms with Crippen LogP contribution in [0, 0.1) is 17.5 Å². The fraction of sp³-hybridized carbons (Fsp3) is 0.138. The Kier molecular flexibility index (Phi) is 9.63. The van der Waals surface area contributed by atoms with Crippen molar-refractivity contribution in [2.45, 2.75) is 11.3 Å². The van der Waals surface area contributed by atoms with Gasteiger partial charge in [0.2, 0.25) is 5.78 Å². The van der Waals surface area contributed by atoms with Crippen LogP contribution in [-0.2, 0) is 14.8 Å². The molecule has 0 atom stereocenters. The Bertz CT molecular complexity index is 1850. The number of rotatable bonds is 13. The molecule has 0 aliphatic rings. The van der Waals surface area contributed by atoms with Crippen molar-refractivity contribution < 1.29 is 31.1 Å². The first-order chi connectivity index (χ1) is 20.6. The van der Waals surface area contributed by atoms with Crippen molar-refractivity contribution in [1.82, 2.24) is 15.3 Å². The maximum atomic E-state index is 15.5. The molecule has 2 heterocycles. The highest BCUT2D eigenvalue weighted by atomic mass is 32.2. The molecule has 0 amide bonds. The SMILES string of the molecule is C=C(/N=C\C(=C/N)c1cnc2[nH]cc(C(=O)c3c(F)ccc(NS(=O)(=O)c4cccc(F)c4)c3F)c2c1)NCCCOC. The van der Waals surface area contributed by atoms with Gasteiger partial charge < -0.3 is 20.8 Å². The molecule has 0 radical (unpaired) electrons. The number of nitrogens with two attached hydrogens (primary N) is 1. The average molecular weight is 613 g/mol. The number of nitrogens with zero attached hydrogens (tertiary/aromatic N) is 2. The van der Waals surface area contributed by atoms with Gasteiger partial charge in [0.05, 0.1) is 16.1 Å². The zero-order chi connectivity index (χ0) is 31.1. The van der Waals surface area contributed by atoms with E-state index in [1.54, 1.807) is 7.11 Å². The van der Waals surface area contributed by atoms with Crippen LogP contribution >= 0.6 is 0 Å². The van der Waals surface area contributed by atoms with Gasteiger partial charge in [-0.2, -0.15) is 0 Å². The Morgan fingerprint density at radius 1 is 1.21 bits per heavy atom. The molecule has 0 saturated carbocycles. The Morgan fingerprint density at radius 3 is 2.72 bits per heavy atom. The molecule has 0 fully saturated rings. The van der Waals surface area contributed by atoms with Gasteiger partial charge in [-0.15, -0.1) is 0 Å². The van der Waals surface area contributed by atoms with Crippen LogP contribution in [0.25, 0.3) is 16.6 Å². The number of methoxy groups -OCH3 is 1. The number of fused-ring (bicyclic) bond motifs is 1. The van der Waals surface area contributed by atoms with E-state index in [1.807, 2.05) is 4.72 Å². The smallest absolute Gasteiger partial charge is 0.262 e. The van der Waals surface area contributed by atoms with Gasteiger partial charge in [-0.1, -0.05) is 12.6 Å². The number of carbonyl (C=O) groups excluding carboxylic acids is 1. The van der Waals surface area contributed by atoms with Crippen molar-refractivity contribution in [3.05, 3.63) is 108 Å². The second-order valence-corrected chi connectivity index (χ2v) is 10.8. The van der Waals surface area contributed by atoms with E-state index in [0.717, 1.165) is 42.8 Å². The second-order valence-electron chi connectivity index (χ2n) is 9.10. The summed E-state index contributed by atoms with van der Waals surface area (Å²) < 4.78 is 76.3. The highest BCUT2D eigenvalue weighted by Crippen LogP contribution is 2.29. The Hall–Kier alpha value is -4.95. The van der Waals surface area contributed by atoms with Crippen molar-refractivity contribution in [3.63, 3.8) is 0 Å². The first-order valence-corrected chi connectivity index (χ1v) is 14.2. The predicted octanol–water partition coefficient (Wildman–Crippen LogP) is 4.48. The molecule has 43 heavy (non-hydrogen) atoms. The molecule has 4 aromatic rings. The Balaban J connectivity index is 1.64. The summed E-state index contributed by atoms with van der Waals surface area (Å²) in [6.45, 7) is 4.98. The van der Waals surface area contributed by atoms with Gasteiger partial charge >= 0.3 is 0 Å². The van der Waals surface area contributed by atoms with Crippen molar-refractivity contribution >= 4 is 44.3 Å². The zero-order valence-corrected chi connectivity index (χ0v) is 23.6. The quantitative estimate of drug-likeness (QED) is 0.0987. The van der Waals surface area contributed by atoms with Gasteiger partial charge in [0.15, 0.2) is 5.82 Å². The highest BCUT2D eigenvalue weighted by molar-refractivity contribution is 7.92. The minimum atomic E-state index is -4.47. The van der Waals surface area contributed by atoms with Gasteiger partial charge in [0, 0.05) is 67.2 Å². The lowest BCUT2D eigenvalue weighted by Gasteiger charge is -2.12. The molecular formula is C29H27F3N6O4S. The number of ketones is 1. The number of H-pyrrole nitrogens is 1. The average Bonchev–Trinajstić information content (AvgIpc) is 3.41. The number of benzene rings is 2. The number of carbonyl (C=O) groups is 1. The predicted molar refractivity (Wildman–Crippen MR) is 157 cm³/mol. The third-order valence-electron chi connectivity index (χ3n) is 6.17. The number of ether oxygens (including phenoxy) is 1. The molecule has 0 spiro atoms. The molecular weight excluding hydrogens is 585 g/mol. The Morgan fingerprint density at radius 2 is 2.00 bits per heavy atom. The lowest BCUT2D eigenvalue weighted by Crippen LogP contribution is -2.16. The van der Waals surface area contributed by atoms with Crippen LogP contribution in [0.5, 0.6) is 0 Å². The van der Waals surface area contributed by atoms with Gasteiger partial charge in [-0.05, 0) is 42.8 Å². The molecule has 4 rings (SSSR count). The molecule has 0 aliphatic carbocycles. The summed E-state index contributed by atoms with van der Waals surface area (Å²) in [6, 6.07) is 7.14. The maximum absolute atomic E-state index is 15.5. The van der Waals surface area contributed by atoms with E-state index in [-0.39, 0.29) is 16.6 Å². The summed E-state index contributed by atoms with van der Waals surface area (Å²) in [4.78, 5) is 24.3. The molecule has 14 heteroatoms. The van der Waals surface area contributed by atoms with Crippen molar-refractivity contribution in [2.75, 3.05) is 25.0 Å². The molecule has 10 nitrogen and oxygen atoms in total. The lowest BCUT2D eigenvalue weighted by molar-refractivity contribution is 0.103. The van der Waals surface area contributed by atoms with Gasteiger partial charge in [-0.25, -0.2) is 31.6 Å². The molecule has 2 aromatic carbocycles. The molecule has 224 valence electrons. The largest absolute Gasteiger partial charge is 0.404 e. The number of halogens is 3. The van der Waals surface area contributed by atoms with Crippen molar-refractivity contribution in [1.29, 1.82) is 0 Å². The summed E-state index contributed by atoms with van der Waals surface area (Å²) in [6.07, 6.45) is 6.16. The van der Waals surface area contributed by atoms with E-state index < -0.39 is 49.4 Å². The van der Waals surface area contributed by atoms with Gasteiger partial charge in [-0.3, -0.25) is 9.52 Å². The number of anilines is 1. The van der Waals surface area contributed by atoms with Crippen molar-refractivity contribution in [3.8, 4) is 0 Å². The summed E-state index contributed by atoms with van der Waals surface area (Å²) >= 11 is 0. The van der Waals surface area contributed by atoms with Crippen LogP contribution in [0.3, 0.4) is 0 Å². The third kappa shape index (κ3) is 7.10. The summed E-state index contributed by atoms with van der Waals surface area (Å²) in [5.41, 5.74) is 5.06. The number of hydrogen-bond donors (Lipinski definition) is 4. The highest BCUT2D eigenvalue weighted by Gasteiger charge is 2.26. The first kappa shape index (κ1) is 31.0. The number of aromatic nitrogens is 2. The number of allylic oxidation sites excluding steroid dienone is 1. The lowest BCUT2D eigenvalue weighted by atomic mass is 10.00. The summed E-state index contributed by atoms with van der Waals surface area (Å²) in [5.74, 6) is -4.20. The van der Waals surface area contributed by atoms with Crippen LogP contribution in [0.15, 0.2) is 83.3 Å². The molecule has 0 bridgehead atoms. The summed E-state index contributed by atoms with van der Waals surface area (Å²) in [7, 11) is -2.86. The fourth-order valence-electron chi connectivity index (χ4n) is 4.02.